The zero-order valence-electron chi connectivity index (χ0n) is 14.1. The highest BCUT2D eigenvalue weighted by molar-refractivity contribution is 14.0. The van der Waals surface area contributed by atoms with E-state index in [9.17, 15) is 0 Å². The summed E-state index contributed by atoms with van der Waals surface area (Å²) in [5.41, 5.74) is 3.29. The molecule has 3 rings (SSSR count). The van der Waals surface area contributed by atoms with E-state index in [0.29, 0.717) is 12.6 Å². The monoisotopic (exact) mass is 437 g/mol. The van der Waals surface area contributed by atoms with E-state index < -0.39 is 0 Å². The molecule has 24 heavy (non-hydrogen) atoms. The lowest BCUT2D eigenvalue weighted by molar-refractivity contribution is 0.632. The Hall–Kier alpha value is -1.83. The van der Waals surface area contributed by atoms with Gasteiger partial charge in [-0.2, -0.15) is 5.10 Å². The first-order valence-corrected chi connectivity index (χ1v) is 7.99. The highest BCUT2D eigenvalue weighted by atomic mass is 127. The molecule has 1 aliphatic rings. The summed E-state index contributed by atoms with van der Waals surface area (Å²) in [4.78, 5) is 4.32. The smallest absolute Gasteiger partial charge is 0.191 e. The van der Waals surface area contributed by atoms with Crippen LogP contribution in [0.4, 0.5) is 0 Å². The van der Waals surface area contributed by atoms with Crippen molar-refractivity contribution in [1.29, 1.82) is 0 Å². The standard InChI is InChI=1S/C18H23N5.HI/c1-14-11-12-23(22-14)17-10-6-3-7-15(17)13-20-18(19-2)21-16-8-4-5-9-16;/h3-7,10-12,16H,8-9,13H2,1-2H3,(H2,19,20,21);1H. The van der Waals surface area contributed by atoms with Gasteiger partial charge in [0, 0.05) is 25.8 Å². The van der Waals surface area contributed by atoms with Crippen LogP contribution in [0, 0.1) is 6.92 Å². The molecular formula is C18H24IN5. The summed E-state index contributed by atoms with van der Waals surface area (Å²) in [5, 5.41) is 11.4. The topological polar surface area (TPSA) is 54.2 Å². The second kappa shape index (κ2) is 8.86. The van der Waals surface area contributed by atoms with Crippen molar-refractivity contribution in [1.82, 2.24) is 20.4 Å². The highest BCUT2D eigenvalue weighted by Crippen LogP contribution is 2.14. The third-order valence-electron chi connectivity index (χ3n) is 3.98. The molecule has 0 spiro atoms. The summed E-state index contributed by atoms with van der Waals surface area (Å²) in [6, 6.07) is 10.7. The second-order valence-electron chi connectivity index (χ2n) is 5.74. The van der Waals surface area contributed by atoms with Crippen molar-refractivity contribution in [2.24, 2.45) is 4.99 Å². The van der Waals surface area contributed by atoms with Crippen LogP contribution in [-0.4, -0.2) is 28.8 Å². The van der Waals surface area contributed by atoms with E-state index in [2.05, 4.69) is 45.0 Å². The van der Waals surface area contributed by atoms with E-state index in [1.54, 1.807) is 7.05 Å². The number of aliphatic imine (C=N–C) groups is 1. The molecular weight excluding hydrogens is 413 g/mol. The molecule has 0 radical (unpaired) electrons. The molecule has 0 aliphatic heterocycles. The summed E-state index contributed by atoms with van der Waals surface area (Å²) in [5.74, 6) is 0.838. The van der Waals surface area contributed by atoms with Crippen LogP contribution in [-0.2, 0) is 6.54 Å². The lowest BCUT2D eigenvalue weighted by Gasteiger charge is -2.18. The predicted molar refractivity (Wildman–Crippen MR) is 109 cm³/mol. The van der Waals surface area contributed by atoms with Gasteiger partial charge < -0.3 is 10.6 Å². The Balaban J connectivity index is 0.00000208. The first-order chi connectivity index (χ1) is 11.3. The Morgan fingerprint density at radius 3 is 2.67 bits per heavy atom. The first kappa shape index (κ1) is 18.5. The molecule has 128 valence electrons. The molecule has 1 heterocycles. The largest absolute Gasteiger partial charge is 0.353 e. The lowest BCUT2D eigenvalue weighted by Crippen LogP contribution is -2.42. The van der Waals surface area contributed by atoms with E-state index in [1.165, 1.54) is 5.56 Å². The summed E-state index contributed by atoms with van der Waals surface area (Å²) in [6.45, 7) is 2.70. The number of nitrogens with zero attached hydrogens (tertiary/aromatic N) is 3. The molecule has 2 N–H and O–H groups in total. The van der Waals surface area contributed by atoms with Crippen molar-refractivity contribution >= 4 is 29.9 Å². The van der Waals surface area contributed by atoms with Crippen molar-refractivity contribution < 1.29 is 0 Å². The number of hydrogen-bond acceptors (Lipinski definition) is 2. The Bertz CT molecular complexity index is 712. The molecule has 0 fully saturated rings. The minimum atomic E-state index is 0. The number of nitrogens with one attached hydrogen (secondary N) is 2. The Labute approximate surface area is 160 Å². The fourth-order valence-electron chi connectivity index (χ4n) is 2.74. The summed E-state index contributed by atoms with van der Waals surface area (Å²) in [7, 11) is 1.81. The molecule has 0 bridgehead atoms. The maximum absolute atomic E-state index is 4.51. The number of benzene rings is 1. The quantitative estimate of drug-likeness (QED) is 0.335. The van der Waals surface area contributed by atoms with E-state index >= 15 is 0 Å². The average molecular weight is 437 g/mol. The molecule has 6 heteroatoms. The normalized spacial score (nSPS) is 14.5. The van der Waals surface area contributed by atoms with Crippen LogP contribution < -0.4 is 10.6 Å². The van der Waals surface area contributed by atoms with Gasteiger partial charge in [0.15, 0.2) is 5.96 Å². The van der Waals surface area contributed by atoms with Crippen molar-refractivity contribution in [3.8, 4) is 5.69 Å². The number of hydrogen-bond donors (Lipinski definition) is 2. The predicted octanol–water partition coefficient (Wildman–Crippen LogP) is 3.18. The van der Waals surface area contributed by atoms with E-state index in [4.69, 9.17) is 0 Å². The Kier molecular flexibility index (Phi) is 6.84. The summed E-state index contributed by atoms with van der Waals surface area (Å²) < 4.78 is 1.92. The number of aromatic nitrogens is 2. The van der Waals surface area contributed by atoms with Crippen LogP contribution in [0.15, 0.2) is 53.7 Å². The fourth-order valence-corrected chi connectivity index (χ4v) is 2.74. The molecule has 2 aromatic rings. The van der Waals surface area contributed by atoms with E-state index in [0.717, 1.165) is 30.2 Å². The average Bonchev–Trinajstić information content (AvgIpc) is 3.23. The highest BCUT2D eigenvalue weighted by Gasteiger charge is 2.12. The number of guanidine groups is 1. The maximum atomic E-state index is 4.51. The van der Waals surface area contributed by atoms with E-state index in [1.807, 2.05) is 36.0 Å². The Morgan fingerprint density at radius 1 is 1.25 bits per heavy atom. The Morgan fingerprint density at radius 2 is 2.00 bits per heavy atom. The minimum absolute atomic E-state index is 0. The van der Waals surface area contributed by atoms with Crippen LogP contribution in [0.5, 0.6) is 0 Å². The van der Waals surface area contributed by atoms with Gasteiger partial charge in [-0.15, -0.1) is 24.0 Å². The third-order valence-corrected chi connectivity index (χ3v) is 3.98. The molecule has 0 saturated carbocycles. The molecule has 0 unspecified atom stereocenters. The molecule has 0 amide bonds. The molecule has 0 saturated heterocycles. The fraction of sp³-hybridized carbons (Fsp3) is 0.333. The van der Waals surface area contributed by atoms with E-state index in [-0.39, 0.29) is 24.0 Å². The van der Waals surface area contributed by atoms with Gasteiger partial charge in [0.2, 0.25) is 0 Å². The van der Waals surface area contributed by atoms with Gasteiger partial charge in [0.1, 0.15) is 0 Å². The van der Waals surface area contributed by atoms with Gasteiger partial charge in [-0.1, -0.05) is 30.4 Å². The summed E-state index contributed by atoms with van der Waals surface area (Å²) >= 11 is 0. The number of rotatable bonds is 4. The van der Waals surface area contributed by atoms with Crippen molar-refractivity contribution in [3.05, 3.63) is 59.9 Å². The van der Waals surface area contributed by atoms with Crippen LogP contribution in [0.2, 0.25) is 0 Å². The van der Waals surface area contributed by atoms with Crippen LogP contribution >= 0.6 is 24.0 Å². The zero-order valence-corrected chi connectivity index (χ0v) is 16.4. The van der Waals surface area contributed by atoms with Crippen LogP contribution in [0.1, 0.15) is 24.1 Å². The SMILES string of the molecule is CN=C(NCc1ccccc1-n1ccc(C)n1)NC1CC=CC1.I. The third kappa shape index (κ3) is 4.59. The number of aryl methyl sites for hydroxylation is 1. The van der Waals surface area contributed by atoms with Gasteiger partial charge in [-0.25, -0.2) is 4.68 Å². The first-order valence-electron chi connectivity index (χ1n) is 7.99. The molecule has 5 nitrogen and oxygen atoms in total. The number of para-hydroxylation sites is 1. The van der Waals surface area contributed by atoms with Crippen molar-refractivity contribution in [2.45, 2.75) is 32.4 Å². The maximum Gasteiger partial charge on any atom is 0.191 e. The molecule has 1 aromatic carbocycles. The molecule has 1 aliphatic carbocycles. The van der Waals surface area contributed by atoms with Gasteiger partial charge in [-0.3, -0.25) is 4.99 Å². The van der Waals surface area contributed by atoms with Crippen molar-refractivity contribution in [3.63, 3.8) is 0 Å². The van der Waals surface area contributed by atoms with Crippen LogP contribution in [0.25, 0.3) is 5.69 Å². The van der Waals surface area contributed by atoms with Gasteiger partial charge in [-0.05, 0) is 37.5 Å². The lowest BCUT2D eigenvalue weighted by atomic mass is 10.2. The van der Waals surface area contributed by atoms with Crippen LogP contribution in [0.3, 0.4) is 0 Å². The molecule has 0 atom stereocenters. The zero-order chi connectivity index (χ0) is 16.1. The van der Waals surface area contributed by atoms with Gasteiger partial charge >= 0.3 is 0 Å². The van der Waals surface area contributed by atoms with Crippen molar-refractivity contribution in [2.75, 3.05) is 7.05 Å². The van der Waals surface area contributed by atoms with Gasteiger partial charge in [0.25, 0.3) is 0 Å². The minimum Gasteiger partial charge on any atom is -0.353 e. The second-order valence-corrected chi connectivity index (χ2v) is 5.74. The van der Waals surface area contributed by atoms with Gasteiger partial charge in [0.05, 0.1) is 11.4 Å². The summed E-state index contributed by atoms with van der Waals surface area (Å²) in [6.07, 6.45) is 8.53. The number of halogens is 1. The molecule has 1 aromatic heterocycles.